The monoisotopic (exact) mass is 1070 g/mol. The number of halogens is 1. The second-order valence-electron chi connectivity index (χ2n) is 20.4. The number of carbonyl (C=O) groups is 7. The Bertz CT molecular complexity index is 2320. The highest BCUT2D eigenvalue weighted by atomic mass is 35.5. The van der Waals surface area contributed by atoms with Gasteiger partial charge < -0.3 is 53.9 Å². The summed E-state index contributed by atoms with van der Waals surface area (Å²) in [5.74, 6) is -4.26. The minimum absolute atomic E-state index is 0.0164. The number of esters is 2. The molecular formula is C54H74ClN5O15. The Morgan fingerprint density at radius 2 is 1.57 bits per heavy atom. The molecule has 6 rings (SSSR count). The van der Waals surface area contributed by atoms with Gasteiger partial charge in [0.25, 0.3) is 11.8 Å². The molecule has 3 saturated heterocycles. The highest BCUT2D eigenvalue weighted by Gasteiger charge is 2.48. The quantitative estimate of drug-likeness (QED) is 0.0654. The largest absolute Gasteiger partial charge is 0.495 e. The van der Waals surface area contributed by atoms with E-state index >= 15 is 0 Å². The van der Waals surface area contributed by atoms with Gasteiger partial charge in [-0.1, -0.05) is 68.8 Å². The Kier molecular flexibility index (Phi) is 22.0. The van der Waals surface area contributed by atoms with Crippen LogP contribution in [0.15, 0.2) is 54.6 Å². The normalized spacial score (nSPS) is 25.2. The van der Waals surface area contributed by atoms with E-state index in [1.807, 2.05) is 20.8 Å². The van der Waals surface area contributed by atoms with Gasteiger partial charge in [-0.05, 0) is 74.4 Å². The summed E-state index contributed by atoms with van der Waals surface area (Å²) in [5.41, 5.74) is 1.57. The predicted molar refractivity (Wildman–Crippen MR) is 273 cm³/mol. The molecule has 2 aromatic carbocycles. The van der Waals surface area contributed by atoms with E-state index in [0.29, 0.717) is 41.2 Å². The fourth-order valence-electron chi connectivity index (χ4n) is 8.91. The molecule has 2 aromatic rings. The lowest BCUT2D eigenvalue weighted by Crippen LogP contribution is -2.53. The van der Waals surface area contributed by atoms with Crippen LogP contribution >= 0.6 is 11.6 Å². The van der Waals surface area contributed by atoms with Gasteiger partial charge in [0.05, 0.1) is 56.7 Å². The predicted octanol–water partition coefficient (Wildman–Crippen LogP) is 3.99. The van der Waals surface area contributed by atoms with Crippen LogP contribution in [0.4, 0.5) is 0 Å². The number of ether oxygens (including phenoxy) is 7. The van der Waals surface area contributed by atoms with E-state index in [2.05, 4.69) is 45.1 Å². The van der Waals surface area contributed by atoms with Crippen molar-refractivity contribution in [3.8, 4) is 5.75 Å². The van der Waals surface area contributed by atoms with Gasteiger partial charge in [0.1, 0.15) is 24.0 Å². The van der Waals surface area contributed by atoms with Crippen LogP contribution in [0.1, 0.15) is 90.0 Å². The third-order valence-electron chi connectivity index (χ3n) is 13.5. The molecule has 2 unspecified atom stereocenters. The van der Waals surface area contributed by atoms with Crippen molar-refractivity contribution in [1.29, 1.82) is 0 Å². The maximum Gasteiger partial charge on any atom is 0.361 e. The van der Waals surface area contributed by atoms with Gasteiger partial charge in [0.2, 0.25) is 11.8 Å². The van der Waals surface area contributed by atoms with Crippen molar-refractivity contribution >= 4 is 53.1 Å². The summed E-state index contributed by atoms with van der Waals surface area (Å²) >= 11 is 6.39. The summed E-state index contributed by atoms with van der Waals surface area (Å²) < 4.78 is 40.5. The third-order valence-corrected chi connectivity index (χ3v) is 13.8. The molecular weight excluding hydrogens is 994 g/mol. The molecule has 0 aromatic heterocycles. The summed E-state index contributed by atoms with van der Waals surface area (Å²) in [6.45, 7) is 15.2. The summed E-state index contributed by atoms with van der Waals surface area (Å²) in [4.78, 5) is 97.6. The van der Waals surface area contributed by atoms with Crippen molar-refractivity contribution < 1.29 is 71.6 Å². The van der Waals surface area contributed by atoms with Gasteiger partial charge in [-0.25, -0.2) is 9.59 Å². The topological polar surface area (TPSA) is 239 Å². The number of nitrogens with one attached hydrogen (secondary N) is 3. The van der Waals surface area contributed by atoms with Gasteiger partial charge in [-0.3, -0.25) is 28.9 Å². The average molecular weight is 1070 g/mol. The molecule has 4 aliphatic rings. The molecule has 0 aliphatic carbocycles. The molecule has 4 heterocycles. The number of amides is 4. The van der Waals surface area contributed by atoms with Crippen LogP contribution in [0.2, 0.25) is 5.02 Å². The third kappa shape index (κ3) is 17.5. The first-order valence-electron chi connectivity index (χ1n) is 25.9. The molecule has 8 atom stereocenters. The SMILES string of the molecule is COc1ccc(C[C@H]2NC(=O)/C=C\C[C@@H]([C@H](C)[C@H]3O[C@@H]3c3ccc(CC4CNCCN4CCOCCOCCOC(C)C(=O)ON4C(=O)CCC4=O)cc3)OC(=O)[C@H](CC(C)C)OC(=O)C(C)(C)CNC2=O)cc1Cl. The first kappa shape index (κ1) is 58.8. The van der Waals surface area contributed by atoms with Crippen LogP contribution in [0.3, 0.4) is 0 Å². The number of piperazine rings is 1. The van der Waals surface area contributed by atoms with Crippen LogP contribution in [0.5, 0.6) is 5.75 Å². The molecule has 0 bridgehead atoms. The molecule has 0 saturated carbocycles. The molecule has 4 amide bonds. The molecule has 0 radical (unpaired) electrons. The number of cyclic esters (lactones) is 2. The van der Waals surface area contributed by atoms with Gasteiger partial charge in [-0.15, -0.1) is 5.06 Å². The number of hydrogen-bond acceptors (Lipinski definition) is 17. The molecule has 3 fully saturated rings. The number of benzene rings is 2. The van der Waals surface area contributed by atoms with Crippen molar-refractivity contribution in [3.63, 3.8) is 0 Å². The Morgan fingerprint density at radius 1 is 0.880 bits per heavy atom. The molecule has 0 spiro atoms. The zero-order chi connectivity index (χ0) is 54.2. The number of carbonyl (C=O) groups excluding carboxylic acids is 7. The number of methoxy groups -OCH3 is 1. The van der Waals surface area contributed by atoms with E-state index in [1.54, 1.807) is 38.1 Å². The van der Waals surface area contributed by atoms with E-state index in [0.717, 1.165) is 43.7 Å². The van der Waals surface area contributed by atoms with Gasteiger partial charge in [0.15, 0.2) is 12.2 Å². The number of epoxide rings is 1. The minimum Gasteiger partial charge on any atom is -0.495 e. The van der Waals surface area contributed by atoms with Crippen LogP contribution in [-0.2, 0) is 79.7 Å². The fourth-order valence-corrected chi connectivity index (χ4v) is 9.19. The Balaban J connectivity index is 1.00. The summed E-state index contributed by atoms with van der Waals surface area (Å²) in [7, 11) is 1.50. The number of hydroxylamine groups is 2. The molecule has 21 heteroatoms. The lowest BCUT2D eigenvalue weighted by atomic mass is 9.92. The maximum absolute atomic E-state index is 14.0. The smallest absolute Gasteiger partial charge is 0.361 e. The zero-order valence-corrected chi connectivity index (χ0v) is 44.9. The number of imide groups is 1. The molecule has 75 heavy (non-hydrogen) atoms. The highest BCUT2D eigenvalue weighted by Crippen LogP contribution is 2.45. The van der Waals surface area contributed by atoms with Crippen LogP contribution in [-0.4, -0.2) is 161 Å². The van der Waals surface area contributed by atoms with Crippen LogP contribution in [0.25, 0.3) is 0 Å². The lowest BCUT2D eigenvalue weighted by Gasteiger charge is -2.36. The summed E-state index contributed by atoms with van der Waals surface area (Å²) in [6, 6.07) is 12.7. The number of nitrogens with zero attached hydrogens (tertiary/aromatic N) is 2. The van der Waals surface area contributed by atoms with Gasteiger partial charge in [-0.2, -0.15) is 0 Å². The second-order valence-corrected chi connectivity index (χ2v) is 20.8. The van der Waals surface area contributed by atoms with Crippen LogP contribution < -0.4 is 20.7 Å². The Hall–Kier alpha value is -5.48. The van der Waals surface area contributed by atoms with E-state index in [1.165, 1.54) is 20.1 Å². The second kappa shape index (κ2) is 28.1. The van der Waals surface area contributed by atoms with E-state index < -0.39 is 71.3 Å². The van der Waals surface area contributed by atoms with Crippen molar-refractivity contribution in [2.24, 2.45) is 17.3 Å². The molecule has 20 nitrogen and oxygen atoms in total. The first-order chi connectivity index (χ1) is 35.8. The highest BCUT2D eigenvalue weighted by molar-refractivity contribution is 6.32. The van der Waals surface area contributed by atoms with Crippen LogP contribution in [0, 0.1) is 17.3 Å². The number of hydrogen-bond donors (Lipinski definition) is 3. The van der Waals surface area contributed by atoms with Crippen molar-refractivity contribution in [3.05, 3.63) is 76.3 Å². The Morgan fingerprint density at radius 3 is 2.27 bits per heavy atom. The minimum atomic E-state index is -1.25. The van der Waals surface area contributed by atoms with E-state index in [9.17, 15) is 33.6 Å². The number of rotatable bonds is 22. The van der Waals surface area contributed by atoms with Crippen molar-refractivity contribution in [1.82, 2.24) is 25.9 Å². The van der Waals surface area contributed by atoms with Gasteiger partial charge >= 0.3 is 17.9 Å². The lowest BCUT2D eigenvalue weighted by molar-refractivity contribution is -0.204. The molecule has 412 valence electrons. The summed E-state index contributed by atoms with van der Waals surface area (Å²) in [6.07, 6.45) is 0.723. The maximum atomic E-state index is 14.0. The van der Waals surface area contributed by atoms with E-state index in [-0.39, 0.29) is 81.9 Å². The molecule has 3 N–H and O–H groups in total. The van der Waals surface area contributed by atoms with E-state index in [4.69, 9.17) is 49.6 Å². The van der Waals surface area contributed by atoms with Gasteiger partial charge in [0, 0.05) is 70.4 Å². The van der Waals surface area contributed by atoms with Crippen molar-refractivity contribution in [2.75, 3.05) is 72.9 Å². The fraction of sp³-hybridized carbons (Fsp3) is 0.611. The summed E-state index contributed by atoms with van der Waals surface area (Å²) in [5, 5.41) is 9.93. The molecule has 4 aliphatic heterocycles. The Labute approximate surface area is 444 Å². The zero-order valence-electron chi connectivity index (χ0n) is 44.1. The standard InChI is InChI=1S/C54H74ClN5O15/c1-33(2)27-44-52(66)72-42(9-8-10-45(61)58-41(30-37-13-16-43(68-7)40(55)29-37)50(64)57-32-54(5,6)53(67)73-44)34(3)48-49(74-48)38-14-11-36(12-15-38)28-39-31-56-19-20-59(39)21-22-69-23-24-70-25-26-71-35(4)51(65)75-60-46(62)17-18-47(60)63/h8,10-16,29,33-35,39,41-42,44,48-49,56H,9,17-28,30-32H2,1-7H3,(H,57,64)(H,58,61)/b10-8-/t34-,35?,39?,41+,42-,44-,48+,49+/m0/s1. The van der Waals surface area contributed by atoms with Crippen molar-refractivity contribution in [2.45, 2.75) is 123 Å². The first-order valence-corrected chi connectivity index (χ1v) is 26.2. The average Bonchev–Trinajstić information content (AvgIpc) is 4.12.